The van der Waals surface area contributed by atoms with Crippen LogP contribution in [0.2, 0.25) is 0 Å². The second-order valence-electron chi connectivity index (χ2n) is 10.3. The Morgan fingerprint density at radius 3 is 2.47 bits per heavy atom. The number of hydrogen-bond acceptors (Lipinski definition) is 6. The van der Waals surface area contributed by atoms with E-state index in [-0.39, 0.29) is 40.1 Å². The quantitative estimate of drug-likeness (QED) is 0.387. The third-order valence-electron chi connectivity index (χ3n) is 7.14. The largest absolute Gasteiger partial charge is 0.506 e. The lowest BCUT2D eigenvalue weighted by atomic mass is 9.66. The molecule has 1 aliphatic carbocycles. The molecule has 0 saturated heterocycles. The summed E-state index contributed by atoms with van der Waals surface area (Å²) >= 11 is 0. The lowest BCUT2D eigenvalue weighted by Crippen LogP contribution is -2.42. The first kappa shape index (κ1) is 25.7. The van der Waals surface area contributed by atoms with Crippen LogP contribution in [-0.4, -0.2) is 25.1 Å². The van der Waals surface area contributed by atoms with Crippen molar-refractivity contribution < 1.29 is 23.1 Å². The highest BCUT2D eigenvalue weighted by Gasteiger charge is 2.46. The van der Waals surface area contributed by atoms with Crippen molar-refractivity contribution in [2.45, 2.75) is 50.5 Å². The number of nitrogens with zero attached hydrogens (tertiary/aromatic N) is 1. The van der Waals surface area contributed by atoms with E-state index in [9.17, 15) is 18.3 Å². The first-order valence-corrected chi connectivity index (χ1v) is 14.1. The number of carbonyl (C=O) groups excluding carboxylic acids is 1. The topological polar surface area (TPSA) is 105 Å². The van der Waals surface area contributed by atoms with Crippen LogP contribution in [0.15, 0.2) is 87.7 Å². The summed E-state index contributed by atoms with van der Waals surface area (Å²) in [6, 6.07) is 21.4. The van der Waals surface area contributed by atoms with Gasteiger partial charge in [0.15, 0.2) is 11.6 Å². The van der Waals surface area contributed by atoms with E-state index >= 15 is 0 Å². The smallest absolute Gasteiger partial charge is 0.286 e. The summed E-state index contributed by atoms with van der Waals surface area (Å²) in [5.74, 6) is -0.0706. The molecule has 0 radical (unpaired) electrons. The Balaban J connectivity index is 1.52. The lowest BCUT2D eigenvalue weighted by Gasteiger charge is -2.36. The van der Waals surface area contributed by atoms with Gasteiger partial charge in [-0.2, -0.15) is 8.42 Å². The van der Waals surface area contributed by atoms with Crippen molar-refractivity contribution in [1.82, 2.24) is 0 Å². The molecule has 2 aliphatic rings. The van der Waals surface area contributed by atoms with Gasteiger partial charge in [0, 0.05) is 11.6 Å². The highest BCUT2D eigenvalue weighted by Crippen LogP contribution is 2.44. The number of benzene rings is 3. The minimum atomic E-state index is -4.19. The average Bonchev–Trinajstić information content (AvgIpc) is 2.90. The van der Waals surface area contributed by atoms with Crippen molar-refractivity contribution in [3.05, 3.63) is 95.1 Å². The van der Waals surface area contributed by atoms with Gasteiger partial charge in [0.1, 0.15) is 28.6 Å². The van der Waals surface area contributed by atoms with Crippen LogP contribution in [0.5, 0.6) is 5.75 Å². The Morgan fingerprint density at radius 2 is 1.74 bits per heavy atom. The highest BCUT2D eigenvalue weighted by molar-refractivity contribution is 7.90. The molecule has 1 aliphatic heterocycles. The van der Waals surface area contributed by atoms with Crippen LogP contribution < -0.4 is 10.1 Å². The van der Waals surface area contributed by atoms with Gasteiger partial charge in [0.2, 0.25) is 0 Å². The maximum atomic E-state index is 14.0. The summed E-state index contributed by atoms with van der Waals surface area (Å²) in [4.78, 5) is 13.9. The minimum absolute atomic E-state index is 0.0573. The van der Waals surface area contributed by atoms with Gasteiger partial charge in [-0.15, -0.1) is 4.40 Å². The van der Waals surface area contributed by atoms with Gasteiger partial charge >= 0.3 is 0 Å². The van der Waals surface area contributed by atoms with Gasteiger partial charge in [-0.25, -0.2) is 0 Å². The van der Waals surface area contributed by atoms with Crippen LogP contribution in [0.3, 0.4) is 0 Å². The molecule has 0 aromatic heterocycles. The monoisotopic (exact) mass is 530 g/mol. The summed E-state index contributed by atoms with van der Waals surface area (Å²) in [6.07, 6.45) is 1.34. The number of Topliss-reactive ketones (excluding diaryl/α,β-unsaturated/α-hetero) is 1. The first-order chi connectivity index (χ1) is 18.1. The van der Waals surface area contributed by atoms with Crippen LogP contribution >= 0.6 is 0 Å². The normalized spacial score (nSPS) is 19.9. The van der Waals surface area contributed by atoms with Crippen molar-refractivity contribution >= 4 is 33.1 Å². The van der Waals surface area contributed by atoms with E-state index in [0.29, 0.717) is 23.7 Å². The highest BCUT2D eigenvalue weighted by atomic mass is 32.2. The number of aliphatic hydroxyl groups excluding tert-OH is 1. The van der Waals surface area contributed by atoms with E-state index < -0.39 is 15.4 Å². The zero-order chi connectivity index (χ0) is 27.1. The number of ketones is 1. The molecule has 3 aromatic rings. The number of carbonyl (C=O) groups is 1. The van der Waals surface area contributed by atoms with Crippen LogP contribution in [0.4, 0.5) is 5.69 Å². The van der Waals surface area contributed by atoms with Crippen molar-refractivity contribution in [2.24, 2.45) is 10.3 Å². The molecular weight excluding hydrogens is 500 g/mol. The molecule has 2 N–H and O–H groups in total. The maximum Gasteiger partial charge on any atom is 0.286 e. The van der Waals surface area contributed by atoms with Gasteiger partial charge in [0.05, 0.1) is 11.1 Å². The van der Waals surface area contributed by atoms with Crippen molar-refractivity contribution in [1.29, 1.82) is 0 Å². The molecule has 5 rings (SSSR count). The Bertz CT molecular complexity index is 1580. The summed E-state index contributed by atoms with van der Waals surface area (Å²) in [5, 5.41) is 14.2. The summed E-state index contributed by atoms with van der Waals surface area (Å²) in [5.41, 5.74) is 1.39. The van der Waals surface area contributed by atoms with Crippen molar-refractivity contribution in [2.75, 3.05) is 5.32 Å². The number of rotatable bonds is 7. The van der Waals surface area contributed by atoms with Crippen LogP contribution in [0.1, 0.15) is 50.3 Å². The maximum absolute atomic E-state index is 14.0. The molecule has 0 saturated carbocycles. The van der Waals surface area contributed by atoms with Gasteiger partial charge in [-0.3, -0.25) is 4.79 Å². The number of ether oxygens (including phenoxy) is 1. The number of aliphatic hydroxyl groups is 1. The number of sulfonamides is 1. The Hall–Kier alpha value is -3.91. The fourth-order valence-corrected chi connectivity index (χ4v) is 6.07. The van der Waals surface area contributed by atoms with Crippen LogP contribution in [0, 0.1) is 5.92 Å². The molecule has 8 heteroatoms. The molecule has 0 fully saturated rings. The Morgan fingerprint density at radius 1 is 1.03 bits per heavy atom. The van der Waals surface area contributed by atoms with Crippen LogP contribution in [-0.2, 0) is 26.8 Å². The summed E-state index contributed by atoms with van der Waals surface area (Å²) < 4.78 is 36.3. The Kier molecular flexibility index (Phi) is 6.61. The second-order valence-corrected chi connectivity index (χ2v) is 11.9. The molecule has 1 heterocycles. The molecule has 0 amide bonds. The zero-order valence-electron chi connectivity index (χ0n) is 21.6. The van der Waals surface area contributed by atoms with E-state index in [2.05, 4.69) is 23.6 Å². The van der Waals surface area contributed by atoms with Crippen LogP contribution in [0.25, 0.3) is 5.76 Å². The summed E-state index contributed by atoms with van der Waals surface area (Å²) in [6.45, 7) is 6.31. The first-order valence-electron chi connectivity index (χ1n) is 12.6. The SMILES string of the molecule is CC(C)CCC1(C)C(=O)C(C2=NS(=O)(=O)c3cc(OCc4ccccc4)ccc3N2)=C(O)c2ccccc21. The summed E-state index contributed by atoms with van der Waals surface area (Å²) in [7, 11) is -4.19. The fraction of sp³-hybridized carbons (Fsp3) is 0.267. The molecule has 3 aromatic carbocycles. The third kappa shape index (κ3) is 4.60. The molecule has 7 nitrogen and oxygen atoms in total. The van der Waals surface area contributed by atoms with E-state index in [1.165, 1.54) is 6.07 Å². The lowest BCUT2D eigenvalue weighted by molar-refractivity contribution is -0.120. The number of hydrogen-bond donors (Lipinski definition) is 2. The minimum Gasteiger partial charge on any atom is -0.506 e. The number of amidine groups is 1. The molecule has 1 atom stereocenters. The average molecular weight is 531 g/mol. The molecule has 1 unspecified atom stereocenters. The number of anilines is 1. The molecule has 38 heavy (non-hydrogen) atoms. The number of nitrogens with one attached hydrogen (secondary N) is 1. The molecule has 196 valence electrons. The molecule has 0 spiro atoms. The van der Waals surface area contributed by atoms with Gasteiger partial charge in [-0.1, -0.05) is 68.4 Å². The van der Waals surface area contributed by atoms with Gasteiger partial charge < -0.3 is 15.2 Å². The van der Waals surface area contributed by atoms with Crippen molar-refractivity contribution in [3.8, 4) is 5.75 Å². The predicted octanol–water partition coefficient (Wildman–Crippen LogP) is 6.02. The van der Waals surface area contributed by atoms with E-state index in [4.69, 9.17) is 4.74 Å². The second kappa shape index (κ2) is 9.76. The van der Waals surface area contributed by atoms with Crippen molar-refractivity contribution in [3.63, 3.8) is 0 Å². The van der Waals surface area contributed by atoms with Gasteiger partial charge in [-0.05, 0) is 48.9 Å². The van der Waals surface area contributed by atoms with Gasteiger partial charge in [0.25, 0.3) is 10.0 Å². The van der Waals surface area contributed by atoms with E-state index in [1.54, 1.807) is 24.3 Å². The zero-order valence-corrected chi connectivity index (χ0v) is 22.4. The Labute approximate surface area is 222 Å². The predicted molar refractivity (Wildman–Crippen MR) is 148 cm³/mol. The van der Waals surface area contributed by atoms with E-state index in [1.807, 2.05) is 49.4 Å². The standard InChI is InChI=1S/C30H30N2O5S/c1-19(2)15-16-30(3)23-12-8-7-11-22(23)27(33)26(28(30)34)29-31-24-14-13-21(17-25(24)38(35,36)32-29)37-18-20-9-5-4-6-10-20/h4-14,17,19,33H,15-16,18H2,1-3H3,(H,31,32). The molecule has 0 bridgehead atoms. The fourth-order valence-electron chi connectivity index (χ4n) is 4.93. The third-order valence-corrected chi connectivity index (χ3v) is 8.46. The molecular formula is C30H30N2O5S. The number of fused-ring (bicyclic) bond motifs is 2. The van der Waals surface area contributed by atoms with E-state index in [0.717, 1.165) is 17.5 Å².